The number of hydrogen-bond acceptors (Lipinski definition) is 2. The third-order valence-electron chi connectivity index (χ3n) is 2.24. The van der Waals surface area contributed by atoms with Gasteiger partial charge >= 0.3 is 0 Å². The molecule has 3 nitrogen and oxygen atoms in total. The van der Waals surface area contributed by atoms with Crippen LogP contribution in [0, 0.1) is 17.7 Å². The van der Waals surface area contributed by atoms with E-state index in [9.17, 15) is 18.0 Å². The van der Waals surface area contributed by atoms with E-state index in [1.54, 1.807) is 0 Å². The highest BCUT2D eigenvalue weighted by molar-refractivity contribution is 9.10. The summed E-state index contributed by atoms with van der Waals surface area (Å²) in [5, 5.41) is 2.18. The summed E-state index contributed by atoms with van der Waals surface area (Å²) in [6, 6.07) is 5.45. The Balaban J connectivity index is 2.28. The van der Waals surface area contributed by atoms with Gasteiger partial charge in [0.2, 0.25) is 11.9 Å². The number of pyridine rings is 1. The van der Waals surface area contributed by atoms with Crippen LogP contribution in [-0.2, 0) is 0 Å². The van der Waals surface area contributed by atoms with Crippen LogP contribution in [0.4, 0.5) is 18.9 Å². The summed E-state index contributed by atoms with van der Waals surface area (Å²) in [5.41, 5.74) is -0.300. The van der Waals surface area contributed by atoms with E-state index in [2.05, 4.69) is 26.2 Å². The predicted molar refractivity (Wildman–Crippen MR) is 66.2 cm³/mol. The number of hydrogen-bond donors (Lipinski definition) is 1. The maximum Gasteiger partial charge on any atom is 0.257 e. The third kappa shape index (κ3) is 3.11. The summed E-state index contributed by atoms with van der Waals surface area (Å²) in [4.78, 5) is 14.8. The van der Waals surface area contributed by atoms with Crippen molar-refractivity contribution < 1.29 is 18.0 Å². The molecule has 98 valence electrons. The first-order valence-electron chi connectivity index (χ1n) is 5.06. The van der Waals surface area contributed by atoms with Gasteiger partial charge in [0, 0.05) is 4.47 Å². The van der Waals surface area contributed by atoms with E-state index in [0.717, 1.165) is 18.2 Å². The van der Waals surface area contributed by atoms with Crippen LogP contribution in [0.5, 0.6) is 0 Å². The Kier molecular flexibility index (Phi) is 3.84. The highest BCUT2D eigenvalue weighted by Crippen LogP contribution is 2.20. The van der Waals surface area contributed by atoms with Crippen LogP contribution < -0.4 is 5.32 Å². The molecule has 1 aromatic carbocycles. The highest BCUT2D eigenvalue weighted by Gasteiger charge is 2.14. The zero-order chi connectivity index (χ0) is 14.0. The predicted octanol–water partition coefficient (Wildman–Crippen LogP) is 3.51. The Hall–Kier alpha value is -1.89. The van der Waals surface area contributed by atoms with Gasteiger partial charge in [-0.2, -0.15) is 13.8 Å². The Morgan fingerprint density at radius 2 is 1.89 bits per heavy atom. The quantitative estimate of drug-likeness (QED) is 0.856. The Labute approximate surface area is 114 Å². The molecule has 2 rings (SSSR count). The molecule has 1 N–H and O–H groups in total. The van der Waals surface area contributed by atoms with Crippen molar-refractivity contribution in [3.63, 3.8) is 0 Å². The van der Waals surface area contributed by atoms with Gasteiger partial charge in [0.1, 0.15) is 5.82 Å². The second-order valence-electron chi connectivity index (χ2n) is 3.55. The van der Waals surface area contributed by atoms with Gasteiger partial charge in [-0.1, -0.05) is 0 Å². The van der Waals surface area contributed by atoms with E-state index in [1.807, 2.05) is 0 Å². The van der Waals surface area contributed by atoms with E-state index in [1.165, 1.54) is 12.1 Å². The number of anilines is 1. The van der Waals surface area contributed by atoms with E-state index in [0.29, 0.717) is 4.47 Å². The number of carbonyl (C=O) groups excluding carboxylic acids is 1. The minimum Gasteiger partial charge on any atom is -0.318 e. The molecule has 0 aliphatic carbocycles. The molecule has 0 unspecified atom stereocenters. The van der Waals surface area contributed by atoms with Crippen molar-refractivity contribution in [2.24, 2.45) is 0 Å². The molecular formula is C12H6BrF3N2O. The fourth-order valence-corrected chi connectivity index (χ4v) is 1.79. The van der Waals surface area contributed by atoms with E-state index >= 15 is 0 Å². The fraction of sp³-hybridized carbons (Fsp3) is 0. The van der Waals surface area contributed by atoms with Crippen molar-refractivity contribution in [2.45, 2.75) is 0 Å². The van der Waals surface area contributed by atoms with Gasteiger partial charge in [-0.3, -0.25) is 4.79 Å². The number of benzene rings is 1. The smallest absolute Gasteiger partial charge is 0.257 e. The van der Waals surface area contributed by atoms with E-state index < -0.39 is 23.6 Å². The lowest BCUT2D eigenvalue weighted by Gasteiger charge is -2.07. The molecular weight excluding hydrogens is 325 g/mol. The van der Waals surface area contributed by atoms with Gasteiger partial charge in [-0.15, -0.1) is 0 Å². The van der Waals surface area contributed by atoms with Gasteiger partial charge < -0.3 is 5.32 Å². The molecule has 0 radical (unpaired) electrons. The third-order valence-corrected chi connectivity index (χ3v) is 2.93. The lowest BCUT2D eigenvalue weighted by Crippen LogP contribution is -2.14. The van der Waals surface area contributed by atoms with Gasteiger partial charge in [-0.25, -0.2) is 4.39 Å². The molecule has 0 aliphatic heterocycles. The molecule has 0 atom stereocenters. The summed E-state index contributed by atoms with van der Waals surface area (Å²) in [6.07, 6.45) is 0. The number of nitrogens with zero attached hydrogens (tertiary/aromatic N) is 1. The summed E-state index contributed by atoms with van der Waals surface area (Å²) in [7, 11) is 0. The van der Waals surface area contributed by atoms with Crippen molar-refractivity contribution in [1.82, 2.24) is 4.98 Å². The Morgan fingerprint density at radius 3 is 2.58 bits per heavy atom. The van der Waals surface area contributed by atoms with Crippen molar-refractivity contribution in [3.05, 3.63) is 58.1 Å². The molecule has 0 bridgehead atoms. The summed E-state index contributed by atoms with van der Waals surface area (Å²) >= 11 is 3.08. The average molecular weight is 331 g/mol. The SMILES string of the molecule is O=C(Nc1ccc(F)nc1F)c1cc(F)ccc1Br. The van der Waals surface area contributed by atoms with Crippen molar-refractivity contribution in [3.8, 4) is 0 Å². The fourth-order valence-electron chi connectivity index (χ4n) is 1.37. The number of halogens is 4. The molecule has 2 aromatic rings. The first-order chi connectivity index (χ1) is 8.97. The topological polar surface area (TPSA) is 42.0 Å². The van der Waals surface area contributed by atoms with Crippen molar-refractivity contribution >= 4 is 27.5 Å². The van der Waals surface area contributed by atoms with Crippen molar-refractivity contribution in [2.75, 3.05) is 5.32 Å². The molecule has 0 fully saturated rings. The van der Waals surface area contributed by atoms with Crippen LogP contribution in [-0.4, -0.2) is 10.9 Å². The van der Waals surface area contributed by atoms with Gasteiger partial charge in [0.25, 0.3) is 5.91 Å². The van der Waals surface area contributed by atoms with Crippen LogP contribution in [0.2, 0.25) is 0 Å². The second kappa shape index (κ2) is 5.40. The largest absolute Gasteiger partial charge is 0.318 e. The maximum atomic E-state index is 13.3. The van der Waals surface area contributed by atoms with Gasteiger partial charge in [-0.05, 0) is 46.3 Å². The van der Waals surface area contributed by atoms with Crippen LogP contribution in [0.3, 0.4) is 0 Å². The minimum atomic E-state index is -1.15. The molecule has 0 saturated carbocycles. The second-order valence-corrected chi connectivity index (χ2v) is 4.40. The molecule has 1 heterocycles. The first-order valence-corrected chi connectivity index (χ1v) is 5.85. The molecule has 0 aliphatic rings. The highest BCUT2D eigenvalue weighted by atomic mass is 79.9. The molecule has 1 amide bonds. The molecule has 7 heteroatoms. The van der Waals surface area contributed by atoms with Gasteiger partial charge in [0.15, 0.2) is 0 Å². The monoisotopic (exact) mass is 330 g/mol. The molecule has 1 aromatic heterocycles. The Morgan fingerprint density at radius 1 is 1.16 bits per heavy atom. The molecule has 0 saturated heterocycles. The number of amides is 1. The van der Waals surface area contributed by atoms with Crippen molar-refractivity contribution in [1.29, 1.82) is 0 Å². The van der Waals surface area contributed by atoms with Gasteiger partial charge in [0.05, 0.1) is 11.3 Å². The van der Waals surface area contributed by atoms with Crippen LogP contribution >= 0.6 is 15.9 Å². The minimum absolute atomic E-state index is 0.0104. The summed E-state index contributed by atoms with van der Waals surface area (Å²) in [6.45, 7) is 0. The van der Waals surface area contributed by atoms with E-state index in [-0.39, 0.29) is 11.3 Å². The van der Waals surface area contributed by atoms with Crippen LogP contribution in [0.1, 0.15) is 10.4 Å². The average Bonchev–Trinajstić information content (AvgIpc) is 2.35. The summed E-state index contributed by atoms with van der Waals surface area (Å²) in [5.74, 6) is -3.49. The lowest BCUT2D eigenvalue weighted by molar-refractivity contribution is 0.102. The van der Waals surface area contributed by atoms with Crippen LogP contribution in [0.15, 0.2) is 34.8 Å². The normalized spacial score (nSPS) is 10.3. The zero-order valence-corrected chi connectivity index (χ0v) is 10.8. The lowest BCUT2D eigenvalue weighted by atomic mass is 10.2. The molecule has 0 spiro atoms. The first kappa shape index (κ1) is 13.5. The number of aromatic nitrogens is 1. The number of nitrogens with one attached hydrogen (secondary N) is 1. The number of carbonyl (C=O) groups is 1. The Bertz CT molecular complexity index is 649. The standard InChI is InChI=1S/C12H6BrF3N2O/c13-8-2-1-6(14)5-7(8)12(19)17-9-3-4-10(15)18-11(9)16/h1-5H,(H,17,19). The summed E-state index contributed by atoms with van der Waals surface area (Å²) < 4.78 is 39.2. The van der Waals surface area contributed by atoms with Crippen LogP contribution in [0.25, 0.3) is 0 Å². The van der Waals surface area contributed by atoms with E-state index in [4.69, 9.17) is 0 Å². The maximum absolute atomic E-state index is 13.3. The number of rotatable bonds is 2. The molecule has 19 heavy (non-hydrogen) atoms. The zero-order valence-electron chi connectivity index (χ0n) is 9.25.